The van der Waals surface area contributed by atoms with E-state index in [0.29, 0.717) is 32.2 Å². The number of alkyl halides is 3. The molecule has 3 aromatic rings. The Morgan fingerprint density at radius 1 is 1.06 bits per heavy atom. The number of aryl methyl sites for hydroxylation is 2. The third kappa shape index (κ3) is 6.07. The van der Waals surface area contributed by atoms with Gasteiger partial charge < -0.3 is 10.1 Å². The predicted octanol–water partition coefficient (Wildman–Crippen LogP) is 5.82. The number of nitrogens with zero attached hydrogens (tertiary/aromatic N) is 1. The van der Waals surface area contributed by atoms with Gasteiger partial charge >= 0.3 is 6.18 Å². The summed E-state index contributed by atoms with van der Waals surface area (Å²) in [7, 11) is -3.26. The lowest BCUT2D eigenvalue weighted by molar-refractivity contribution is -0.137. The maximum Gasteiger partial charge on any atom is 0.416 e. The molecule has 0 aliphatic carbocycles. The van der Waals surface area contributed by atoms with Crippen LogP contribution < -0.4 is 14.4 Å². The van der Waals surface area contributed by atoms with Crippen molar-refractivity contribution in [1.29, 1.82) is 0 Å². The van der Waals surface area contributed by atoms with E-state index in [1.54, 1.807) is 32.0 Å². The molecule has 0 saturated heterocycles. The van der Waals surface area contributed by atoms with Crippen molar-refractivity contribution in [3.63, 3.8) is 0 Å². The van der Waals surface area contributed by atoms with Crippen LogP contribution >= 0.6 is 11.6 Å². The standard InChI is InChI=1S/C24H22ClF3N2O4S/c1-15-7-10-21(34-3)22(11-15)35(32,33)30(19-6-4-5-17(12-19)24(26,27)28)14-23(31)29-20-13-18(25)9-8-16(20)2/h4-13H,14H2,1-3H3,(H,29,31). The van der Waals surface area contributed by atoms with Gasteiger partial charge in [0.15, 0.2) is 0 Å². The van der Waals surface area contributed by atoms with E-state index in [4.69, 9.17) is 16.3 Å². The van der Waals surface area contributed by atoms with Gasteiger partial charge in [0, 0.05) is 10.7 Å². The Morgan fingerprint density at radius 2 is 1.77 bits per heavy atom. The van der Waals surface area contributed by atoms with Crippen LogP contribution in [0.3, 0.4) is 0 Å². The average molecular weight is 527 g/mol. The summed E-state index contributed by atoms with van der Waals surface area (Å²) in [4.78, 5) is 12.6. The number of nitrogens with one attached hydrogen (secondary N) is 1. The van der Waals surface area contributed by atoms with E-state index in [1.165, 1.54) is 31.4 Å². The van der Waals surface area contributed by atoms with Gasteiger partial charge in [-0.1, -0.05) is 29.8 Å². The second-order valence-corrected chi connectivity index (χ2v) is 9.99. The Balaban J connectivity index is 2.10. The number of benzene rings is 3. The van der Waals surface area contributed by atoms with Crippen LogP contribution in [-0.4, -0.2) is 28.0 Å². The number of carbonyl (C=O) groups is 1. The van der Waals surface area contributed by atoms with E-state index < -0.39 is 34.2 Å². The number of hydrogen-bond donors (Lipinski definition) is 1. The van der Waals surface area contributed by atoms with E-state index in [1.807, 2.05) is 0 Å². The maximum absolute atomic E-state index is 13.7. The van der Waals surface area contributed by atoms with Crippen molar-refractivity contribution in [3.05, 3.63) is 82.4 Å². The first-order chi connectivity index (χ1) is 16.3. The van der Waals surface area contributed by atoms with E-state index in [2.05, 4.69) is 5.32 Å². The fraction of sp³-hybridized carbons (Fsp3) is 0.208. The predicted molar refractivity (Wildman–Crippen MR) is 129 cm³/mol. The number of ether oxygens (including phenoxy) is 1. The molecular weight excluding hydrogens is 505 g/mol. The van der Waals surface area contributed by atoms with Crippen molar-refractivity contribution < 1.29 is 31.1 Å². The van der Waals surface area contributed by atoms with Crippen LogP contribution in [0.1, 0.15) is 16.7 Å². The third-order valence-electron chi connectivity index (χ3n) is 5.11. The molecule has 0 radical (unpaired) electrons. The number of anilines is 2. The Kier molecular flexibility index (Phi) is 7.66. The summed E-state index contributed by atoms with van der Waals surface area (Å²) in [5.74, 6) is -0.790. The Morgan fingerprint density at radius 3 is 2.43 bits per heavy atom. The molecule has 0 aliphatic heterocycles. The van der Waals surface area contributed by atoms with Crippen molar-refractivity contribution in [2.45, 2.75) is 24.9 Å². The molecule has 1 N–H and O–H groups in total. The molecule has 186 valence electrons. The van der Waals surface area contributed by atoms with Gasteiger partial charge in [-0.2, -0.15) is 13.2 Å². The van der Waals surface area contributed by atoms with Crippen LogP contribution in [0, 0.1) is 13.8 Å². The number of hydrogen-bond acceptors (Lipinski definition) is 4. The van der Waals surface area contributed by atoms with E-state index in [0.717, 1.165) is 12.1 Å². The summed E-state index contributed by atoms with van der Waals surface area (Å²) < 4.78 is 73.3. The molecule has 3 aromatic carbocycles. The number of amides is 1. The Hall–Kier alpha value is -3.24. The molecule has 0 fully saturated rings. The molecule has 1 amide bonds. The molecule has 35 heavy (non-hydrogen) atoms. The number of rotatable bonds is 7. The van der Waals surface area contributed by atoms with Gasteiger partial charge in [-0.3, -0.25) is 9.10 Å². The minimum Gasteiger partial charge on any atom is -0.495 e. The molecule has 0 heterocycles. The molecule has 0 aliphatic rings. The molecule has 0 bridgehead atoms. The zero-order valence-electron chi connectivity index (χ0n) is 19.0. The van der Waals surface area contributed by atoms with Crippen molar-refractivity contribution in [3.8, 4) is 5.75 Å². The van der Waals surface area contributed by atoms with Crippen LogP contribution in [0.4, 0.5) is 24.5 Å². The monoisotopic (exact) mass is 526 g/mol. The molecule has 6 nitrogen and oxygen atoms in total. The molecule has 0 saturated carbocycles. The van der Waals surface area contributed by atoms with E-state index in [9.17, 15) is 26.4 Å². The van der Waals surface area contributed by atoms with Gasteiger partial charge in [-0.05, 0) is 67.4 Å². The van der Waals surface area contributed by atoms with Crippen LogP contribution in [0.2, 0.25) is 5.02 Å². The van der Waals surface area contributed by atoms with Crippen LogP contribution in [0.5, 0.6) is 5.75 Å². The number of halogens is 4. The lowest BCUT2D eigenvalue weighted by Crippen LogP contribution is -2.38. The fourth-order valence-electron chi connectivity index (χ4n) is 3.31. The molecule has 0 atom stereocenters. The summed E-state index contributed by atoms with van der Waals surface area (Å²) in [6.45, 7) is 2.57. The van der Waals surface area contributed by atoms with Crippen LogP contribution in [-0.2, 0) is 21.0 Å². The lowest BCUT2D eigenvalue weighted by atomic mass is 10.2. The quantitative estimate of drug-likeness (QED) is 0.421. The SMILES string of the molecule is COc1ccc(C)cc1S(=O)(=O)N(CC(=O)Nc1cc(Cl)ccc1C)c1cccc(C(F)(F)F)c1. The summed E-state index contributed by atoms with van der Waals surface area (Å²) in [5.41, 5.74) is 0.194. The summed E-state index contributed by atoms with van der Waals surface area (Å²) in [6.07, 6.45) is -4.72. The average Bonchev–Trinajstić information content (AvgIpc) is 2.79. The fourth-order valence-corrected chi connectivity index (χ4v) is 5.13. The van der Waals surface area contributed by atoms with Gasteiger partial charge in [0.1, 0.15) is 17.2 Å². The first-order valence-electron chi connectivity index (χ1n) is 10.2. The van der Waals surface area contributed by atoms with Crippen molar-refractivity contribution in [2.24, 2.45) is 0 Å². The Labute approximate surface area is 206 Å². The lowest BCUT2D eigenvalue weighted by Gasteiger charge is -2.26. The summed E-state index contributed by atoms with van der Waals surface area (Å²) in [5, 5.41) is 2.92. The van der Waals surface area contributed by atoms with Crippen molar-refractivity contribution >= 4 is 38.9 Å². The number of methoxy groups -OCH3 is 1. The largest absolute Gasteiger partial charge is 0.495 e. The highest BCUT2D eigenvalue weighted by Gasteiger charge is 2.34. The summed E-state index contributed by atoms with van der Waals surface area (Å²) >= 11 is 5.98. The van der Waals surface area contributed by atoms with Gasteiger partial charge in [-0.15, -0.1) is 0 Å². The highest BCUT2D eigenvalue weighted by molar-refractivity contribution is 7.93. The second-order valence-electron chi connectivity index (χ2n) is 7.72. The van der Waals surface area contributed by atoms with Crippen LogP contribution in [0.25, 0.3) is 0 Å². The summed E-state index contributed by atoms with van der Waals surface area (Å²) in [6, 6.07) is 12.9. The zero-order chi connectivity index (χ0) is 26.0. The third-order valence-corrected chi connectivity index (χ3v) is 7.14. The minimum absolute atomic E-state index is 0.0151. The molecule has 3 rings (SSSR count). The zero-order valence-corrected chi connectivity index (χ0v) is 20.6. The number of carbonyl (C=O) groups excluding carboxylic acids is 1. The van der Waals surface area contributed by atoms with Gasteiger partial charge in [0.25, 0.3) is 10.0 Å². The van der Waals surface area contributed by atoms with Crippen molar-refractivity contribution in [2.75, 3.05) is 23.3 Å². The molecule has 0 aromatic heterocycles. The maximum atomic E-state index is 13.7. The van der Waals surface area contributed by atoms with Crippen LogP contribution in [0.15, 0.2) is 65.6 Å². The first-order valence-corrected chi connectivity index (χ1v) is 12.1. The van der Waals surface area contributed by atoms with Gasteiger partial charge in [0.05, 0.1) is 18.4 Å². The normalized spacial score (nSPS) is 11.7. The highest BCUT2D eigenvalue weighted by Crippen LogP contribution is 2.35. The minimum atomic E-state index is -4.72. The highest BCUT2D eigenvalue weighted by atomic mass is 35.5. The second kappa shape index (κ2) is 10.2. The van der Waals surface area contributed by atoms with Gasteiger partial charge in [-0.25, -0.2) is 8.42 Å². The van der Waals surface area contributed by atoms with Gasteiger partial charge in [0.2, 0.25) is 5.91 Å². The Bertz CT molecular complexity index is 1360. The molecule has 0 spiro atoms. The van der Waals surface area contributed by atoms with E-state index >= 15 is 0 Å². The first kappa shape index (κ1) is 26.4. The van der Waals surface area contributed by atoms with E-state index in [-0.39, 0.29) is 16.3 Å². The smallest absolute Gasteiger partial charge is 0.416 e. The molecule has 11 heteroatoms. The topological polar surface area (TPSA) is 75.7 Å². The molecular formula is C24H22ClF3N2O4S. The molecule has 0 unspecified atom stereocenters. The number of sulfonamides is 1. The van der Waals surface area contributed by atoms with Crippen molar-refractivity contribution in [1.82, 2.24) is 0 Å².